The molecule has 2 N–H and O–H groups in total. The standard InChI is InChI=1S/C32H25BrN2O3/c1-22-7-5-8-23(19-22)13-18-30(36)25-14-16-28(17-15-25)34-32(38)29(21-24-9-6-12-27(33)20-24)35-31(37)26-10-3-2-4-11-26/h2-21H,1H3,(H,34,38)(H,35,37)/b18-13+,29-21-. The molecule has 4 aromatic carbocycles. The first-order chi connectivity index (χ1) is 18.4. The van der Waals surface area contributed by atoms with Gasteiger partial charge in [0.05, 0.1) is 0 Å². The minimum absolute atomic E-state index is 0.0817. The molecule has 188 valence electrons. The molecule has 0 heterocycles. The van der Waals surface area contributed by atoms with Crippen LogP contribution in [0.15, 0.2) is 119 Å². The molecule has 0 aliphatic rings. The van der Waals surface area contributed by atoms with E-state index in [-0.39, 0.29) is 11.5 Å². The molecule has 4 rings (SSSR count). The fourth-order valence-corrected chi connectivity index (χ4v) is 4.08. The van der Waals surface area contributed by atoms with E-state index < -0.39 is 11.8 Å². The maximum absolute atomic E-state index is 13.2. The third kappa shape index (κ3) is 7.48. The van der Waals surface area contributed by atoms with Gasteiger partial charge in [0, 0.05) is 21.3 Å². The summed E-state index contributed by atoms with van der Waals surface area (Å²) in [6.45, 7) is 2.00. The van der Waals surface area contributed by atoms with Crippen molar-refractivity contribution in [3.05, 3.63) is 147 Å². The molecular weight excluding hydrogens is 540 g/mol. The monoisotopic (exact) mass is 564 g/mol. The number of hydrogen-bond donors (Lipinski definition) is 2. The van der Waals surface area contributed by atoms with Gasteiger partial charge in [-0.3, -0.25) is 14.4 Å². The summed E-state index contributed by atoms with van der Waals surface area (Å²) in [6, 6.07) is 30.5. The Balaban J connectivity index is 1.49. The molecule has 0 unspecified atom stereocenters. The van der Waals surface area contributed by atoms with Gasteiger partial charge in [-0.2, -0.15) is 0 Å². The summed E-state index contributed by atoms with van der Waals surface area (Å²) in [5.41, 5.74) is 4.30. The highest BCUT2D eigenvalue weighted by molar-refractivity contribution is 9.10. The predicted octanol–water partition coefficient (Wildman–Crippen LogP) is 7.06. The summed E-state index contributed by atoms with van der Waals surface area (Å²) in [6.07, 6.45) is 4.91. The van der Waals surface area contributed by atoms with Gasteiger partial charge < -0.3 is 10.6 Å². The normalized spacial score (nSPS) is 11.3. The fraction of sp³-hybridized carbons (Fsp3) is 0.0312. The number of ketones is 1. The molecule has 0 fully saturated rings. The highest BCUT2D eigenvalue weighted by Crippen LogP contribution is 2.17. The van der Waals surface area contributed by atoms with Crippen LogP contribution in [0.5, 0.6) is 0 Å². The van der Waals surface area contributed by atoms with E-state index in [2.05, 4.69) is 26.6 Å². The van der Waals surface area contributed by atoms with Gasteiger partial charge in [0.25, 0.3) is 11.8 Å². The highest BCUT2D eigenvalue weighted by Gasteiger charge is 2.15. The summed E-state index contributed by atoms with van der Waals surface area (Å²) < 4.78 is 0.845. The van der Waals surface area contributed by atoms with Gasteiger partial charge in [0.15, 0.2) is 5.78 Å². The summed E-state index contributed by atoms with van der Waals surface area (Å²) >= 11 is 3.43. The number of rotatable bonds is 8. The van der Waals surface area contributed by atoms with Gasteiger partial charge >= 0.3 is 0 Å². The zero-order valence-corrected chi connectivity index (χ0v) is 22.2. The van der Waals surface area contributed by atoms with Crippen LogP contribution >= 0.6 is 15.9 Å². The number of hydrogen-bond acceptors (Lipinski definition) is 3. The van der Waals surface area contributed by atoms with Crippen LogP contribution in [0.3, 0.4) is 0 Å². The number of anilines is 1. The molecule has 0 radical (unpaired) electrons. The van der Waals surface area contributed by atoms with Crippen LogP contribution in [0.25, 0.3) is 12.2 Å². The van der Waals surface area contributed by atoms with E-state index in [4.69, 9.17) is 0 Å². The van der Waals surface area contributed by atoms with Crippen molar-refractivity contribution in [2.45, 2.75) is 6.92 Å². The molecule has 0 saturated heterocycles. The molecule has 0 aromatic heterocycles. The lowest BCUT2D eigenvalue weighted by molar-refractivity contribution is -0.113. The summed E-state index contributed by atoms with van der Waals surface area (Å²) in [5.74, 6) is -1.04. The largest absolute Gasteiger partial charge is 0.321 e. The summed E-state index contributed by atoms with van der Waals surface area (Å²) in [4.78, 5) is 38.6. The number of carbonyl (C=O) groups is 3. The minimum Gasteiger partial charge on any atom is -0.321 e. The second-order valence-electron chi connectivity index (χ2n) is 8.58. The van der Waals surface area contributed by atoms with E-state index in [1.54, 1.807) is 60.7 Å². The third-order valence-corrected chi connectivity index (χ3v) is 6.08. The van der Waals surface area contributed by atoms with Crippen LogP contribution in [-0.4, -0.2) is 17.6 Å². The fourth-order valence-electron chi connectivity index (χ4n) is 3.66. The lowest BCUT2D eigenvalue weighted by Gasteiger charge is -2.12. The van der Waals surface area contributed by atoms with Gasteiger partial charge in [0.2, 0.25) is 0 Å². The van der Waals surface area contributed by atoms with Gasteiger partial charge in [-0.25, -0.2) is 0 Å². The van der Waals surface area contributed by atoms with Crippen LogP contribution in [-0.2, 0) is 4.79 Å². The van der Waals surface area contributed by atoms with Crippen molar-refractivity contribution in [2.24, 2.45) is 0 Å². The van der Waals surface area contributed by atoms with Crippen LogP contribution in [0, 0.1) is 6.92 Å². The number of allylic oxidation sites excluding steroid dienone is 1. The molecule has 0 atom stereocenters. The zero-order valence-electron chi connectivity index (χ0n) is 20.6. The van der Waals surface area contributed by atoms with E-state index in [0.29, 0.717) is 16.8 Å². The Morgan fingerprint density at radius 3 is 2.16 bits per heavy atom. The molecule has 4 aromatic rings. The van der Waals surface area contributed by atoms with Crippen molar-refractivity contribution in [1.29, 1.82) is 0 Å². The van der Waals surface area contributed by atoms with Crippen LogP contribution < -0.4 is 10.6 Å². The van der Waals surface area contributed by atoms with Crippen molar-refractivity contribution >= 4 is 51.4 Å². The molecular formula is C32H25BrN2O3. The van der Waals surface area contributed by atoms with E-state index in [9.17, 15) is 14.4 Å². The molecule has 0 bridgehead atoms. The van der Waals surface area contributed by atoms with E-state index in [1.807, 2.05) is 61.5 Å². The first-order valence-electron chi connectivity index (χ1n) is 11.9. The Morgan fingerprint density at radius 2 is 1.45 bits per heavy atom. The maximum atomic E-state index is 13.2. The number of halogens is 1. The Bertz CT molecular complexity index is 1520. The molecule has 6 heteroatoms. The summed E-state index contributed by atoms with van der Waals surface area (Å²) in [7, 11) is 0. The van der Waals surface area contributed by atoms with Crippen molar-refractivity contribution < 1.29 is 14.4 Å². The Labute approximate surface area is 230 Å². The maximum Gasteiger partial charge on any atom is 0.272 e. The number of nitrogens with one attached hydrogen (secondary N) is 2. The molecule has 0 aliphatic carbocycles. The average molecular weight is 565 g/mol. The number of amides is 2. The first-order valence-corrected chi connectivity index (χ1v) is 12.7. The van der Waals surface area contributed by atoms with Gasteiger partial charge in [0.1, 0.15) is 5.70 Å². The summed E-state index contributed by atoms with van der Waals surface area (Å²) in [5, 5.41) is 5.52. The Hall–Kier alpha value is -4.55. The van der Waals surface area contributed by atoms with Crippen molar-refractivity contribution in [2.75, 3.05) is 5.32 Å². The highest BCUT2D eigenvalue weighted by atomic mass is 79.9. The Morgan fingerprint density at radius 1 is 0.737 bits per heavy atom. The number of aryl methyl sites for hydroxylation is 1. The number of carbonyl (C=O) groups excluding carboxylic acids is 3. The lowest BCUT2D eigenvalue weighted by Crippen LogP contribution is -2.30. The predicted molar refractivity (Wildman–Crippen MR) is 156 cm³/mol. The smallest absolute Gasteiger partial charge is 0.272 e. The average Bonchev–Trinajstić information content (AvgIpc) is 2.92. The quantitative estimate of drug-likeness (QED) is 0.177. The molecule has 0 spiro atoms. The van der Waals surface area contributed by atoms with E-state index in [0.717, 1.165) is 21.2 Å². The van der Waals surface area contributed by atoms with Crippen molar-refractivity contribution in [3.8, 4) is 0 Å². The van der Waals surface area contributed by atoms with Crippen molar-refractivity contribution in [3.63, 3.8) is 0 Å². The van der Waals surface area contributed by atoms with E-state index >= 15 is 0 Å². The van der Waals surface area contributed by atoms with E-state index in [1.165, 1.54) is 6.08 Å². The topological polar surface area (TPSA) is 75.3 Å². The molecule has 0 saturated carbocycles. The molecule has 5 nitrogen and oxygen atoms in total. The molecule has 2 amide bonds. The zero-order chi connectivity index (χ0) is 26.9. The third-order valence-electron chi connectivity index (χ3n) is 5.59. The Kier molecular flexibility index (Phi) is 8.80. The second kappa shape index (κ2) is 12.6. The van der Waals surface area contributed by atoms with Crippen LogP contribution in [0.4, 0.5) is 5.69 Å². The number of benzene rings is 4. The van der Waals surface area contributed by atoms with Crippen LogP contribution in [0.1, 0.15) is 37.4 Å². The molecule has 38 heavy (non-hydrogen) atoms. The van der Waals surface area contributed by atoms with Gasteiger partial charge in [-0.1, -0.05) is 82.2 Å². The second-order valence-corrected chi connectivity index (χ2v) is 9.49. The van der Waals surface area contributed by atoms with Gasteiger partial charge in [-0.15, -0.1) is 0 Å². The van der Waals surface area contributed by atoms with Gasteiger partial charge in [-0.05, 0) is 78.7 Å². The van der Waals surface area contributed by atoms with Crippen molar-refractivity contribution in [1.82, 2.24) is 5.32 Å². The first kappa shape index (κ1) is 26.5. The molecule has 0 aliphatic heterocycles. The lowest BCUT2D eigenvalue weighted by atomic mass is 10.1. The SMILES string of the molecule is Cc1cccc(/C=C/C(=O)c2ccc(NC(=O)/C(=C/c3cccc(Br)c3)NC(=O)c3ccccc3)cc2)c1. The minimum atomic E-state index is -0.493. The van der Waals surface area contributed by atoms with Crippen LogP contribution in [0.2, 0.25) is 0 Å².